The van der Waals surface area contributed by atoms with Gasteiger partial charge in [0.2, 0.25) is 5.91 Å². The summed E-state index contributed by atoms with van der Waals surface area (Å²) < 4.78 is 0. The number of hydrogen-bond acceptors (Lipinski definition) is 2. The maximum Gasteiger partial charge on any atom is 0.232 e. The Kier molecular flexibility index (Phi) is 8.72. The van der Waals surface area contributed by atoms with Gasteiger partial charge in [0.1, 0.15) is 0 Å². The Morgan fingerprint density at radius 2 is 1.38 bits per heavy atom. The van der Waals surface area contributed by atoms with Crippen molar-refractivity contribution in [1.29, 1.82) is 0 Å². The van der Waals surface area contributed by atoms with Crippen LogP contribution in [0.25, 0.3) is 0 Å². The van der Waals surface area contributed by atoms with Crippen LogP contribution < -0.4 is 5.73 Å². The molecule has 2 rings (SSSR count). The Morgan fingerprint density at radius 1 is 1.00 bits per heavy atom. The van der Waals surface area contributed by atoms with Gasteiger partial charge in [-0.15, -0.1) is 0 Å². The molecule has 0 aliphatic carbocycles. The fourth-order valence-electron chi connectivity index (χ4n) is 2.70. The normalized spacial score (nSPS) is 10.9. The number of nitrogens with zero attached hydrogens (tertiary/aromatic N) is 1. The van der Waals surface area contributed by atoms with Gasteiger partial charge in [0.05, 0.1) is 5.41 Å². The first-order valence-corrected chi connectivity index (χ1v) is 9.22. The minimum Gasteiger partial charge on any atom is -0.369 e. The summed E-state index contributed by atoms with van der Waals surface area (Å²) in [5.41, 5.74) is 6.98. The molecule has 4 heteroatoms. The Bertz CT molecular complexity index is 560. The molecule has 0 saturated carbocycles. The number of carbonyl (C=O) groups excluding carboxylic acids is 1. The molecule has 0 heterocycles. The summed E-state index contributed by atoms with van der Waals surface area (Å²) in [6, 6.07) is 19.6. The van der Waals surface area contributed by atoms with E-state index in [2.05, 4.69) is 20.8 Å². The fraction of sp³-hybridized carbons (Fsp3) is 0.350. The second-order valence-electron chi connectivity index (χ2n) is 5.82. The fourth-order valence-corrected chi connectivity index (χ4v) is 2.70. The number of primary amides is 1. The number of rotatable bonds is 6. The average molecular weight is 391 g/mol. The van der Waals surface area contributed by atoms with Crippen molar-refractivity contribution in [2.75, 3.05) is 26.0 Å². The number of halogens is 1. The van der Waals surface area contributed by atoms with Crippen LogP contribution in [-0.2, 0) is 10.2 Å². The highest BCUT2D eigenvalue weighted by atomic mass is 79.9. The molecule has 0 bridgehead atoms. The SMILES string of the molecule is CCBr.CN(C)CCC(C(N)=O)(c1ccccc1)c1ccccc1. The highest BCUT2D eigenvalue weighted by molar-refractivity contribution is 9.09. The van der Waals surface area contributed by atoms with Crippen molar-refractivity contribution >= 4 is 21.8 Å². The number of carbonyl (C=O) groups is 1. The van der Waals surface area contributed by atoms with E-state index >= 15 is 0 Å². The van der Waals surface area contributed by atoms with E-state index in [-0.39, 0.29) is 5.91 Å². The largest absolute Gasteiger partial charge is 0.369 e. The number of amides is 1. The molecule has 0 radical (unpaired) electrons. The van der Waals surface area contributed by atoms with Gasteiger partial charge in [-0.3, -0.25) is 4.79 Å². The molecule has 130 valence electrons. The van der Waals surface area contributed by atoms with Crippen LogP contribution in [0.2, 0.25) is 0 Å². The molecule has 1 amide bonds. The van der Waals surface area contributed by atoms with Crippen molar-refractivity contribution in [2.45, 2.75) is 18.8 Å². The third kappa shape index (κ3) is 5.18. The van der Waals surface area contributed by atoms with Crippen molar-refractivity contribution in [2.24, 2.45) is 5.73 Å². The van der Waals surface area contributed by atoms with Crippen molar-refractivity contribution in [3.8, 4) is 0 Å². The summed E-state index contributed by atoms with van der Waals surface area (Å²) >= 11 is 3.15. The lowest BCUT2D eigenvalue weighted by molar-refractivity contribution is -0.122. The third-order valence-corrected chi connectivity index (χ3v) is 3.89. The van der Waals surface area contributed by atoms with E-state index in [4.69, 9.17) is 5.73 Å². The molecule has 0 aromatic heterocycles. The Hall–Kier alpha value is -1.65. The van der Waals surface area contributed by atoms with Crippen LogP contribution in [0.1, 0.15) is 24.5 Å². The van der Waals surface area contributed by atoms with Crippen molar-refractivity contribution in [3.05, 3.63) is 71.8 Å². The lowest BCUT2D eigenvalue weighted by atomic mass is 9.71. The predicted molar refractivity (Wildman–Crippen MR) is 105 cm³/mol. The van der Waals surface area contributed by atoms with E-state index in [1.54, 1.807) is 0 Å². The number of hydrogen-bond donors (Lipinski definition) is 1. The van der Waals surface area contributed by atoms with E-state index in [0.29, 0.717) is 6.42 Å². The van der Waals surface area contributed by atoms with Gasteiger partial charge in [0.15, 0.2) is 0 Å². The minimum atomic E-state index is -0.785. The van der Waals surface area contributed by atoms with Crippen LogP contribution in [0, 0.1) is 0 Å². The van der Waals surface area contributed by atoms with Crippen LogP contribution in [-0.4, -0.2) is 36.8 Å². The van der Waals surface area contributed by atoms with Gasteiger partial charge >= 0.3 is 0 Å². The lowest BCUT2D eigenvalue weighted by Gasteiger charge is -2.33. The molecule has 0 saturated heterocycles. The zero-order valence-corrected chi connectivity index (χ0v) is 16.3. The van der Waals surface area contributed by atoms with Crippen molar-refractivity contribution < 1.29 is 4.79 Å². The van der Waals surface area contributed by atoms with Gasteiger partial charge in [-0.1, -0.05) is 83.5 Å². The molecule has 2 N–H and O–H groups in total. The molecule has 0 spiro atoms. The summed E-state index contributed by atoms with van der Waals surface area (Å²) in [5, 5.41) is 1.06. The Labute approximate surface area is 154 Å². The average Bonchev–Trinajstić information content (AvgIpc) is 2.57. The monoisotopic (exact) mass is 390 g/mol. The maximum atomic E-state index is 12.4. The molecule has 3 nitrogen and oxygen atoms in total. The summed E-state index contributed by atoms with van der Waals surface area (Å²) in [7, 11) is 4.00. The van der Waals surface area contributed by atoms with E-state index in [9.17, 15) is 4.79 Å². The Morgan fingerprint density at radius 3 is 1.67 bits per heavy atom. The van der Waals surface area contributed by atoms with E-state index in [1.807, 2.05) is 81.7 Å². The highest BCUT2D eigenvalue weighted by Gasteiger charge is 2.39. The smallest absolute Gasteiger partial charge is 0.232 e. The second-order valence-corrected chi connectivity index (χ2v) is 6.94. The van der Waals surface area contributed by atoms with Crippen LogP contribution in [0.5, 0.6) is 0 Å². The topological polar surface area (TPSA) is 46.3 Å². The van der Waals surface area contributed by atoms with E-state index in [0.717, 1.165) is 23.0 Å². The van der Waals surface area contributed by atoms with E-state index in [1.165, 1.54) is 0 Å². The van der Waals surface area contributed by atoms with Gasteiger partial charge in [0.25, 0.3) is 0 Å². The molecule has 0 aliphatic heterocycles. The molecule has 0 fully saturated rings. The minimum absolute atomic E-state index is 0.304. The third-order valence-electron chi connectivity index (χ3n) is 3.89. The number of alkyl halides is 1. The molecular weight excluding hydrogens is 364 g/mol. The standard InChI is InChI=1S/C18H22N2O.C2H5Br/c1-20(2)14-13-18(17(19)21,15-9-5-3-6-10-15)16-11-7-4-8-12-16;1-2-3/h3-12H,13-14H2,1-2H3,(H2,19,21);2H2,1H3. The second kappa shape index (κ2) is 10.3. The van der Waals surface area contributed by atoms with Crippen LogP contribution >= 0.6 is 15.9 Å². The summed E-state index contributed by atoms with van der Waals surface area (Å²) in [5.74, 6) is -0.304. The van der Waals surface area contributed by atoms with Gasteiger partial charge in [-0.25, -0.2) is 0 Å². The lowest BCUT2D eigenvalue weighted by Crippen LogP contribution is -2.44. The van der Waals surface area contributed by atoms with Gasteiger partial charge in [0, 0.05) is 5.33 Å². The highest BCUT2D eigenvalue weighted by Crippen LogP contribution is 2.35. The molecule has 2 aromatic carbocycles. The predicted octanol–water partition coefficient (Wildman–Crippen LogP) is 3.81. The number of nitrogens with two attached hydrogens (primary N) is 1. The van der Waals surface area contributed by atoms with Gasteiger partial charge in [-0.2, -0.15) is 0 Å². The first-order valence-electron chi connectivity index (χ1n) is 8.10. The Balaban J connectivity index is 0.000000891. The summed E-state index contributed by atoms with van der Waals surface area (Å²) in [4.78, 5) is 14.5. The maximum absolute atomic E-state index is 12.4. The first-order chi connectivity index (χ1) is 11.5. The summed E-state index contributed by atoms with van der Waals surface area (Å²) in [6.45, 7) is 2.83. The van der Waals surface area contributed by atoms with Crippen LogP contribution in [0.4, 0.5) is 0 Å². The van der Waals surface area contributed by atoms with Crippen LogP contribution in [0.15, 0.2) is 60.7 Å². The quantitative estimate of drug-likeness (QED) is 0.762. The van der Waals surface area contributed by atoms with Gasteiger partial charge < -0.3 is 10.6 Å². The van der Waals surface area contributed by atoms with Crippen molar-refractivity contribution in [1.82, 2.24) is 4.90 Å². The number of benzene rings is 2. The molecule has 0 unspecified atom stereocenters. The zero-order chi connectivity index (χ0) is 18.0. The molecule has 0 aliphatic rings. The zero-order valence-electron chi connectivity index (χ0n) is 14.7. The summed E-state index contributed by atoms with van der Waals surface area (Å²) in [6.07, 6.45) is 0.656. The van der Waals surface area contributed by atoms with E-state index < -0.39 is 5.41 Å². The molecule has 24 heavy (non-hydrogen) atoms. The van der Waals surface area contributed by atoms with Crippen LogP contribution in [0.3, 0.4) is 0 Å². The van der Waals surface area contributed by atoms with Crippen molar-refractivity contribution in [3.63, 3.8) is 0 Å². The molecule has 2 aromatic rings. The first kappa shape index (κ1) is 20.4. The molecule has 0 atom stereocenters. The molecular formula is C20H27BrN2O. The van der Waals surface area contributed by atoms with Gasteiger partial charge in [-0.05, 0) is 38.2 Å².